The number of fused-ring (bicyclic) bond motifs is 3. The van der Waals surface area contributed by atoms with E-state index in [0.717, 1.165) is 94.4 Å². The molecule has 11 rings (SSSR count). The molecule has 3 aromatic carbocycles. The summed E-state index contributed by atoms with van der Waals surface area (Å²) >= 11 is 3.44. The van der Waals surface area contributed by atoms with Gasteiger partial charge in [0, 0.05) is 106 Å². The molecule has 0 unspecified atom stereocenters. The number of thiophene rings is 2. The molecule has 0 spiro atoms. The van der Waals surface area contributed by atoms with Gasteiger partial charge in [-0.05, 0) is 101 Å². The Hall–Kier alpha value is -5.66. The first-order chi connectivity index (χ1) is 36.4. The van der Waals surface area contributed by atoms with Crippen molar-refractivity contribution in [1.82, 2.24) is 19.6 Å². The number of nitrogens with zero attached hydrogens (tertiary/aromatic N) is 4. The number of benzene rings is 3. The van der Waals surface area contributed by atoms with Gasteiger partial charge in [0.05, 0.1) is 13.2 Å². The zero-order valence-corrected chi connectivity index (χ0v) is 43.9. The van der Waals surface area contributed by atoms with Crippen LogP contribution in [0.5, 0.6) is 23.0 Å². The normalized spacial score (nSPS) is 21.6. The van der Waals surface area contributed by atoms with Gasteiger partial charge >= 0.3 is 0 Å². The van der Waals surface area contributed by atoms with E-state index < -0.39 is 6.29 Å². The Morgan fingerprint density at radius 3 is 1.74 bits per heavy atom. The quantitative estimate of drug-likeness (QED) is 0.0835. The lowest BCUT2D eigenvalue weighted by atomic mass is 9.92. The number of piperazine rings is 2. The second kappa shape index (κ2) is 25.2. The van der Waals surface area contributed by atoms with E-state index in [-0.39, 0.29) is 50.1 Å². The summed E-state index contributed by atoms with van der Waals surface area (Å²) in [6, 6.07) is 24.7. The van der Waals surface area contributed by atoms with Gasteiger partial charge in [0.2, 0.25) is 26.2 Å². The summed E-state index contributed by atoms with van der Waals surface area (Å²) in [5.41, 5.74) is 3.57. The maximum atomic E-state index is 13.6. The number of hydrogen-bond donors (Lipinski definition) is 1. The number of unbranched alkanes of at least 4 members (excludes halogenated alkanes) is 3. The van der Waals surface area contributed by atoms with Gasteiger partial charge in [-0.3, -0.25) is 19.4 Å². The molecule has 17 heteroatoms. The zero-order valence-electron chi connectivity index (χ0n) is 42.2. The van der Waals surface area contributed by atoms with E-state index in [4.69, 9.17) is 43.0 Å². The van der Waals surface area contributed by atoms with Crippen LogP contribution in [-0.2, 0) is 41.6 Å². The molecule has 5 aromatic rings. The molecular weight excluding hydrogens is 981 g/mol. The van der Waals surface area contributed by atoms with Gasteiger partial charge in [0.15, 0.2) is 34.5 Å². The van der Waals surface area contributed by atoms with E-state index in [2.05, 4.69) is 76.0 Å². The zero-order chi connectivity index (χ0) is 50.6. The molecule has 2 amide bonds. The van der Waals surface area contributed by atoms with E-state index in [1.807, 2.05) is 46.2 Å². The fourth-order valence-corrected chi connectivity index (χ4v) is 12.0. The van der Waals surface area contributed by atoms with Crippen LogP contribution >= 0.6 is 22.7 Å². The highest BCUT2D eigenvalue weighted by Gasteiger charge is 2.35. The first-order valence-corrected chi connectivity index (χ1v) is 28.0. The topological polar surface area (TPSA) is 141 Å². The monoisotopic (exact) mass is 1050 g/mol. The fraction of sp³-hybridized carbons (Fsp3) is 0.474. The van der Waals surface area contributed by atoms with Crippen molar-refractivity contribution >= 4 is 44.6 Å². The summed E-state index contributed by atoms with van der Waals surface area (Å²) in [6.45, 7) is 11.5. The Morgan fingerprint density at radius 1 is 0.622 bits per heavy atom. The van der Waals surface area contributed by atoms with Crippen LogP contribution in [0.1, 0.15) is 85.3 Å². The summed E-state index contributed by atoms with van der Waals surface area (Å²) in [5.74, 6) is 4.07. The van der Waals surface area contributed by atoms with Crippen LogP contribution in [0, 0.1) is 0 Å². The van der Waals surface area contributed by atoms with Gasteiger partial charge in [-0.2, -0.15) is 0 Å². The van der Waals surface area contributed by atoms with Crippen LogP contribution in [0.2, 0.25) is 0 Å². The maximum absolute atomic E-state index is 13.6. The van der Waals surface area contributed by atoms with E-state index in [1.54, 1.807) is 22.7 Å². The predicted molar refractivity (Wildman–Crippen MR) is 283 cm³/mol. The Bertz CT molecular complexity index is 2710. The number of rotatable bonds is 18. The van der Waals surface area contributed by atoms with Crippen LogP contribution in [0.25, 0.3) is 10.1 Å². The minimum absolute atomic E-state index is 0.0313. The highest BCUT2D eigenvalue weighted by Crippen LogP contribution is 2.40. The Balaban J connectivity index is 0.000000170. The van der Waals surface area contributed by atoms with Crippen LogP contribution < -0.4 is 18.9 Å². The van der Waals surface area contributed by atoms with Gasteiger partial charge in [-0.15, -0.1) is 22.7 Å². The SMILES string of the molecule is CCCCCO[C@@H]1C[C@H](c2cccs2)C=C(C(=O)N2CCN(Cc3ccc4c(c3)OCO4)CC2)O1.O=C(C1=C[C@@H](c2csc3ccccc23)C[C@@H](OCCCCO)O1)N1CCN(Cc2ccc3c(c2)OCO3)CC1. The third kappa shape index (κ3) is 13.0. The van der Waals surface area contributed by atoms with Crippen molar-refractivity contribution in [3.8, 4) is 23.0 Å². The predicted octanol–water partition coefficient (Wildman–Crippen LogP) is 9.22. The Kier molecular flexibility index (Phi) is 17.7. The van der Waals surface area contributed by atoms with Crippen LogP contribution in [0.15, 0.2) is 107 Å². The third-order valence-electron chi connectivity index (χ3n) is 14.3. The first kappa shape index (κ1) is 51.8. The first-order valence-electron chi connectivity index (χ1n) is 26.3. The van der Waals surface area contributed by atoms with Crippen LogP contribution in [0.4, 0.5) is 0 Å². The van der Waals surface area contributed by atoms with Gasteiger partial charge < -0.3 is 52.8 Å². The molecule has 0 radical (unpaired) electrons. The van der Waals surface area contributed by atoms with Gasteiger partial charge in [0.1, 0.15) is 0 Å². The minimum atomic E-state index is -0.497. The third-order valence-corrected chi connectivity index (χ3v) is 16.3. The number of aliphatic hydroxyl groups excluding tert-OH is 1. The average molecular weight is 1050 g/mol. The number of allylic oxidation sites excluding steroid dienone is 2. The van der Waals surface area contributed by atoms with Crippen molar-refractivity contribution in [2.75, 3.05) is 85.8 Å². The molecule has 1 N–H and O–H groups in total. The molecule has 394 valence electrons. The van der Waals surface area contributed by atoms with Crippen molar-refractivity contribution in [2.45, 2.75) is 89.4 Å². The molecule has 2 aromatic heterocycles. The molecular formula is C57H68N4O11S2. The Morgan fingerprint density at radius 2 is 1.18 bits per heavy atom. The van der Waals surface area contributed by atoms with Crippen molar-refractivity contribution in [3.63, 3.8) is 0 Å². The maximum Gasteiger partial charge on any atom is 0.288 e. The molecule has 6 aliphatic heterocycles. The molecule has 74 heavy (non-hydrogen) atoms. The molecule has 0 saturated carbocycles. The second-order valence-corrected chi connectivity index (χ2v) is 21.3. The number of carbonyl (C=O) groups excluding carboxylic acids is 2. The van der Waals surface area contributed by atoms with Gasteiger partial charge in [-0.25, -0.2) is 0 Å². The average Bonchev–Trinajstić information content (AvgIpc) is 4.30. The molecule has 15 nitrogen and oxygen atoms in total. The van der Waals surface area contributed by atoms with Gasteiger partial charge in [-0.1, -0.05) is 56.2 Å². The highest BCUT2D eigenvalue weighted by atomic mass is 32.1. The van der Waals surface area contributed by atoms with E-state index in [0.29, 0.717) is 63.8 Å². The number of hydrogen-bond acceptors (Lipinski definition) is 15. The molecule has 4 atom stereocenters. The van der Waals surface area contributed by atoms with Crippen molar-refractivity contribution < 1.29 is 52.6 Å². The fourth-order valence-electron chi connectivity index (χ4n) is 10.1. The van der Waals surface area contributed by atoms with Crippen molar-refractivity contribution in [3.05, 3.63) is 129 Å². The van der Waals surface area contributed by atoms with Crippen LogP contribution in [0.3, 0.4) is 0 Å². The van der Waals surface area contributed by atoms with E-state index in [1.165, 1.54) is 31.7 Å². The number of ether oxygens (including phenoxy) is 8. The lowest BCUT2D eigenvalue weighted by Gasteiger charge is -2.36. The summed E-state index contributed by atoms with van der Waals surface area (Å²) in [6.07, 6.45) is 9.24. The lowest BCUT2D eigenvalue weighted by Crippen LogP contribution is -2.49. The molecule has 0 bridgehead atoms. The lowest BCUT2D eigenvalue weighted by molar-refractivity contribution is -0.154. The largest absolute Gasteiger partial charge is 0.459 e. The molecule has 2 fully saturated rings. The molecule has 6 aliphatic rings. The smallest absolute Gasteiger partial charge is 0.288 e. The van der Waals surface area contributed by atoms with E-state index >= 15 is 0 Å². The van der Waals surface area contributed by atoms with Crippen molar-refractivity contribution in [2.24, 2.45) is 0 Å². The number of amides is 2. The number of aliphatic hydroxyl groups is 1. The molecule has 8 heterocycles. The minimum Gasteiger partial charge on any atom is -0.459 e. The van der Waals surface area contributed by atoms with Crippen molar-refractivity contribution in [1.29, 1.82) is 0 Å². The van der Waals surface area contributed by atoms with Gasteiger partial charge in [0.25, 0.3) is 11.8 Å². The van der Waals surface area contributed by atoms with E-state index in [9.17, 15) is 9.59 Å². The Labute approximate surface area is 441 Å². The standard InChI is InChI=1S/C30H34N2O6S.C27H34N2O5S/c33-13-3-4-14-35-29-17-22(24-19-39-28-6-2-1-5-23(24)28)16-27(38-29)30(34)32-11-9-31(10-12-32)18-21-7-8-25-26(15-21)37-20-36-25;1-2-3-4-13-31-26-17-21(25-6-5-14-35-25)16-24(34-26)27(30)29-11-9-28(10-12-29)18-20-7-8-22-23(15-20)33-19-32-22/h1-2,5-8,15-16,19,22,29,33H,3-4,9-14,17-18,20H2;5-8,14-16,21,26H,2-4,9-13,17-19H2,1H3/t22-,29+;21-,26+/m11/s1. The second-order valence-electron chi connectivity index (χ2n) is 19.4. The summed E-state index contributed by atoms with van der Waals surface area (Å²) in [4.78, 5) is 36.8. The summed E-state index contributed by atoms with van der Waals surface area (Å²) in [7, 11) is 0. The summed E-state index contributed by atoms with van der Waals surface area (Å²) in [5, 5.41) is 14.6. The molecule has 0 aliphatic carbocycles. The molecule has 2 saturated heterocycles. The highest BCUT2D eigenvalue weighted by molar-refractivity contribution is 7.17. The number of carbonyl (C=O) groups is 2. The summed E-state index contributed by atoms with van der Waals surface area (Å²) < 4.78 is 47.4. The van der Waals surface area contributed by atoms with Crippen LogP contribution in [-0.4, -0.2) is 135 Å².